The number of carbonyl (C=O) groups is 2. The lowest BCUT2D eigenvalue weighted by Crippen LogP contribution is -2.35. The molecule has 154 valence electrons. The molecule has 5 nitrogen and oxygen atoms in total. The fraction of sp³-hybridized carbons (Fsp3) is 0.417. The number of anilines is 2. The van der Waals surface area contributed by atoms with Gasteiger partial charge in [-0.15, -0.1) is 0 Å². The Morgan fingerprint density at radius 1 is 0.966 bits per heavy atom. The van der Waals surface area contributed by atoms with Crippen LogP contribution in [0.5, 0.6) is 0 Å². The van der Waals surface area contributed by atoms with Crippen LogP contribution in [0.2, 0.25) is 0 Å². The molecule has 1 heterocycles. The standard InChI is InChI=1S/C24H30N2O3/c1-23(2,3)18-10-7-17(8-11-18)21(27)25-19-12-9-16-13-14-26(20(16)15-19)22(28)29-24(4,5)6/h7-12,15H,13-14H2,1-6H3,(H,25,27). The monoisotopic (exact) mass is 394 g/mol. The number of rotatable bonds is 2. The molecule has 0 saturated heterocycles. The minimum absolute atomic E-state index is 0.0418. The molecule has 1 aliphatic rings. The Bertz CT molecular complexity index is 919. The van der Waals surface area contributed by atoms with Crippen molar-refractivity contribution in [2.45, 2.75) is 59.0 Å². The smallest absolute Gasteiger partial charge is 0.414 e. The largest absolute Gasteiger partial charge is 0.443 e. The molecule has 2 aromatic rings. The maximum absolute atomic E-state index is 12.7. The van der Waals surface area contributed by atoms with Crippen LogP contribution in [0.25, 0.3) is 0 Å². The predicted octanol–water partition coefficient (Wildman–Crippen LogP) is 5.53. The maximum Gasteiger partial charge on any atom is 0.414 e. The zero-order valence-corrected chi connectivity index (χ0v) is 18.1. The fourth-order valence-electron chi connectivity index (χ4n) is 3.29. The van der Waals surface area contributed by atoms with Crippen LogP contribution in [0.4, 0.5) is 16.2 Å². The molecule has 1 N–H and O–H groups in total. The van der Waals surface area contributed by atoms with E-state index < -0.39 is 5.60 Å². The zero-order valence-electron chi connectivity index (χ0n) is 18.1. The third-order valence-corrected chi connectivity index (χ3v) is 4.87. The summed E-state index contributed by atoms with van der Waals surface area (Å²) in [5.41, 5.74) is 3.79. The average Bonchev–Trinajstić information content (AvgIpc) is 3.03. The Kier molecular flexibility index (Phi) is 5.44. The van der Waals surface area contributed by atoms with Crippen molar-refractivity contribution >= 4 is 23.4 Å². The molecule has 2 aromatic carbocycles. The first-order valence-corrected chi connectivity index (χ1v) is 9.99. The van der Waals surface area contributed by atoms with Crippen molar-refractivity contribution in [3.05, 3.63) is 59.2 Å². The van der Waals surface area contributed by atoms with Crippen molar-refractivity contribution in [1.82, 2.24) is 0 Å². The van der Waals surface area contributed by atoms with Crippen LogP contribution >= 0.6 is 0 Å². The van der Waals surface area contributed by atoms with Gasteiger partial charge < -0.3 is 10.1 Å². The molecule has 0 spiro atoms. The van der Waals surface area contributed by atoms with Crippen molar-refractivity contribution in [1.29, 1.82) is 0 Å². The lowest BCUT2D eigenvalue weighted by Gasteiger charge is -2.25. The Morgan fingerprint density at radius 3 is 2.21 bits per heavy atom. The van der Waals surface area contributed by atoms with Gasteiger partial charge in [0.1, 0.15) is 5.60 Å². The summed E-state index contributed by atoms with van der Waals surface area (Å²) in [6.45, 7) is 12.6. The number of amides is 2. The highest BCUT2D eigenvalue weighted by Gasteiger charge is 2.29. The Labute approximate surface area is 173 Å². The topological polar surface area (TPSA) is 58.6 Å². The Hall–Kier alpha value is -2.82. The lowest BCUT2D eigenvalue weighted by molar-refractivity contribution is 0.0584. The summed E-state index contributed by atoms with van der Waals surface area (Å²) < 4.78 is 5.51. The number of nitrogens with zero attached hydrogens (tertiary/aromatic N) is 1. The van der Waals surface area contributed by atoms with Gasteiger partial charge in [0.2, 0.25) is 0 Å². The number of nitrogens with one attached hydrogen (secondary N) is 1. The molecule has 29 heavy (non-hydrogen) atoms. The Balaban J connectivity index is 1.75. The minimum Gasteiger partial charge on any atom is -0.443 e. The summed E-state index contributed by atoms with van der Waals surface area (Å²) in [4.78, 5) is 26.8. The second kappa shape index (κ2) is 7.54. The molecule has 0 fully saturated rings. The summed E-state index contributed by atoms with van der Waals surface area (Å²) in [7, 11) is 0. The van der Waals surface area contributed by atoms with Gasteiger partial charge in [-0.25, -0.2) is 4.79 Å². The molecular weight excluding hydrogens is 364 g/mol. The van der Waals surface area contributed by atoms with Crippen LogP contribution < -0.4 is 10.2 Å². The van der Waals surface area contributed by atoms with Crippen molar-refractivity contribution in [3.63, 3.8) is 0 Å². The highest BCUT2D eigenvalue weighted by Crippen LogP contribution is 2.32. The highest BCUT2D eigenvalue weighted by molar-refractivity contribution is 6.05. The normalized spacial score (nSPS) is 13.8. The van der Waals surface area contributed by atoms with Crippen LogP contribution in [0.1, 0.15) is 63.0 Å². The van der Waals surface area contributed by atoms with Crippen LogP contribution in [0, 0.1) is 0 Å². The summed E-state index contributed by atoms with van der Waals surface area (Å²) in [6.07, 6.45) is 0.411. The average molecular weight is 395 g/mol. The van der Waals surface area contributed by atoms with Crippen LogP contribution in [0.3, 0.4) is 0 Å². The van der Waals surface area contributed by atoms with Gasteiger partial charge in [0.25, 0.3) is 5.91 Å². The molecule has 0 atom stereocenters. The van der Waals surface area contributed by atoms with E-state index in [2.05, 4.69) is 26.1 Å². The van der Waals surface area contributed by atoms with Crippen molar-refractivity contribution in [3.8, 4) is 0 Å². The lowest BCUT2D eigenvalue weighted by atomic mass is 9.87. The first-order valence-electron chi connectivity index (χ1n) is 9.99. The van der Waals surface area contributed by atoms with Gasteiger partial charge >= 0.3 is 6.09 Å². The predicted molar refractivity (Wildman–Crippen MR) is 117 cm³/mol. The van der Waals surface area contributed by atoms with E-state index in [-0.39, 0.29) is 17.4 Å². The molecular formula is C24H30N2O3. The molecule has 0 bridgehead atoms. The van der Waals surface area contributed by atoms with E-state index in [4.69, 9.17) is 4.74 Å². The minimum atomic E-state index is -0.551. The van der Waals surface area contributed by atoms with Gasteiger partial charge in [-0.1, -0.05) is 39.0 Å². The van der Waals surface area contributed by atoms with Crippen LogP contribution in [-0.2, 0) is 16.6 Å². The summed E-state index contributed by atoms with van der Waals surface area (Å²) >= 11 is 0. The number of benzene rings is 2. The molecule has 0 aliphatic carbocycles. The first kappa shape index (κ1) is 20.9. The number of hydrogen-bond acceptors (Lipinski definition) is 3. The van der Waals surface area contributed by atoms with E-state index in [0.29, 0.717) is 17.8 Å². The second-order valence-corrected chi connectivity index (χ2v) is 9.51. The highest BCUT2D eigenvalue weighted by atomic mass is 16.6. The summed E-state index contributed by atoms with van der Waals surface area (Å²) in [5.74, 6) is -0.174. The Morgan fingerprint density at radius 2 is 1.62 bits per heavy atom. The molecule has 2 amide bonds. The van der Waals surface area contributed by atoms with E-state index in [0.717, 1.165) is 17.7 Å². The second-order valence-electron chi connectivity index (χ2n) is 9.51. The molecule has 0 aromatic heterocycles. The summed E-state index contributed by atoms with van der Waals surface area (Å²) in [5, 5.41) is 2.94. The van der Waals surface area contributed by atoms with Gasteiger partial charge in [-0.2, -0.15) is 0 Å². The molecule has 1 aliphatic heterocycles. The van der Waals surface area contributed by atoms with E-state index in [1.165, 1.54) is 5.56 Å². The van der Waals surface area contributed by atoms with Gasteiger partial charge in [-0.3, -0.25) is 9.69 Å². The third-order valence-electron chi connectivity index (χ3n) is 4.87. The fourth-order valence-corrected chi connectivity index (χ4v) is 3.29. The molecule has 0 saturated carbocycles. The van der Waals surface area contributed by atoms with Crippen molar-refractivity contribution in [2.24, 2.45) is 0 Å². The van der Waals surface area contributed by atoms with Gasteiger partial charge in [0, 0.05) is 17.8 Å². The van der Waals surface area contributed by atoms with Gasteiger partial charge in [-0.05, 0) is 68.0 Å². The quantitative estimate of drug-likeness (QED) is 0.728. The van der Waals surface area contributed by atoms with E-state index in [1.54, 1.807) is 4.90 Å². The van der Waals surface area contributed by atoms with Gasteiger partial charge in [0.05, 0.1) is 5.69 Å². The zero-order chi connectivity index (χ0) is 21.4. The summed E-state index contributed by atoms with van der Waals surface area (Å²) in [6, 6.07) is 13.3. The molecule has 3 rings (SSSR count). The van der Waals surface area contributed by atoms with E-state index in [9.17, 15) is 9.59 Å². The van der Waals surface area contributed by atoms with E-state index in [1.807, 2.05) is 63.2 Å². The molecule has 5 heteroatoms. The number of carbonyl (C=O) groups excluding carboxylic acids is 2. The maximum atomic E-state index is 12.7. The SMILES string of the molecule is CC(C)(C)OC(=O)N1CCc2ccc(NC(=O)c3ccc(C(C)(C)C)cc3)cc21. The number of fused-ring (bicyclic) bond motifs is 1. The van der Waals surface area contributed by atoms with Crippen LogP contribution in [-0.4, -0.2) is 24.1 Å². The molecule has 0 radical (unpaired) electrons. The van der Waals surface area contributed by atoms with E-state index >= 15 is 0 Å². The van der Waals surface area contributed by atoms with Crippen molar-refractivity contribution in [2.75, 3.05) is 16.8 Å². The third kappa shape index (κ3) is 4.97. The number of hydrogen-bond donors (Lipinski definition) is 1. The van der Waals surface area contributed by atoms with Gasteiger partial charge in [0.15, 0.2) is 0 Å². The number of ether oxygens (including phenoxy) is 1. The molecule has 0 unspecified atom stereocenters. The van der Waals surface area contributed by atoms with Crippen molar-refractivity contribution < 1.29 is 14.3 Å². The van der Waals surface area contributed by atoms with Crippen LogP contribution in [0.15, 0.2) is 42.5 Å². The first-order chi connectivity index (χ1) is 13.4.